The molecule has 1 unspecified atom stereocenters. The Balaban J connectivity index is 1.99. The van der Waals surface area contributed by atoms with Crippen molar-refractivity contribution in [2.75, 3.05) is 0 Å². The Hall–Kier alpha value is -2.71. The number of aromatic nitrogens is 3. The van der Waals surface area contributed by atoms with Gasteiger partial charge in [0, 0.05) is 41.9 Å². The molecule has 34 heavy (non-hydrogen) atoms. The van der Waals surface area contributed by atoms with Gasteiger partial charge in [-0.1, -0.05) is 6.07 Å². The zero-order valence-electron chi connectivity index (χ0n) is 19.9. The Morgan fingerprint density at radius 1 is 1.21 bits per heavy atom. The van der Waals surface area contributed by atoms with Gasteiger partial charge in [-0.15, -0.1) is 0 Å². The van der Waals surface area contributed by atoms with Crippen molar-refractivity contribution in [2.24, 2.45) is 0 Å². The first-order valence-corrected chi connectivity index (χ1v) is 14.1. The van der Waals surface area contributed by atoms with Gasteiger partial charge < -0.3 is 15.0 Å². The Morgan fingerprint density at radius 2 is 1.94 bits per heavy atom. The maximum atomic E-state index is 13.1. The van der Waals surface area contributed by atoms with Gasteiger partial charge in [0.1, 0.15) is 17.0 Å². The van der Waals surface area contributed by atoms with E-state index in [-0.39, 0.29) is 0 Å². The number of rotatable bonds is 4. The molecule has 0 aliphatic carbocycles. The number of aryl methyl sites for hydroxylation is 2. The summed E-state index contributed by atoms with van der Waals surface area (Å²) in [5.41, 5.74) is 4.48. The number of aromatic amines is 1. The van der Waals surface area contributed by atoms with Gasteiger partial charge in [-0.2, -0.15) is 5.26 Å². The van der Waals surface area contributed by atoms with Gasteiger partial charge >= 0.3 is 6.09 Å². The van der Waals surface area contributed by atoms with E-state index in [1.54, 1.807) is 21.3 Å². The normalized spacial score (nSPS) is 13.6. The lowest BCUT2D eigenvalue weighted by Crippen LogP contribution is -2.47. The number of fused-ring (bicyclic) bond motifs is 2. The predicted molar refractivity (Wildman–Crippen MR) is 145 cm³/mol. The molecule has 2 aromatic heterocycles. The molecule has 2 N–H and O–H groups in total. The van der Waals surface area contributed by atoms with E-state index in [0.29, 0.717) is 16.9 Å². The molecule has 2 heterocycles. The molecule has 9 heteroatoms. The minimum atomic E-state index is -1.04. The number of nitrogens with zero attached hydrogens (tertiary/aromatic N) is 3. The van der Waals surface area contributed by atoms with Crippen molar-refractivity contribution in [1.29, 1.82) is 5.26 Å². The first-order chi connectivity index (χ1) is 16.0. The standard InChI is InChI=1S/C25H26IN5O2S/c1-14-11-15(2)21-17(9-10-31(21)34-26)20(14)25(6,30-23(32)33-24(3,4)5)22-28-18-8-7-16(13-27)12-19(18)29-22/h7-12H,1-6H3,(H,28,29)(H,30,32). The van der Waals surface area contributed by atoms with E-state index in [1.165, 1.54) is 0 Å². The van der Waals surface area contributed by atoms with Crippen LogP contribution in [0.15, 0.2) is 36.5 Å². The van der Waals surface area contributed by atoms with Crippen molar-refractivity contribution in [3.63, 3.8) is 0 Å². The summed E-state index contributed by atoms with van der Waals surface area (Å²) < 4.78 is 7.75. The molecule has 0 bridgehead atoms. The smallest absolute Gasteiger partial charge is 0.408 e. The molecule has 4 aromatic rings. The van der Waals surface area contributed by atoms with Crippen LogP contribution in [0.1, 0.15) is 55.8 Å². The number of carbonyl (C=O) groups is 1. The van der Waals surface area contributed by atoms with Gasteiger partial charge in [-0.3, -0.25) is 3.97 Å². The van der Waals surface area contributed by atoms with Crippen LogP contribution in [0.5, 0.6) is 0 Å². The molecule has 0 saturated carbocycles. The van der Waals surface area contributed by atoms with Crippen molar-refractivity contribution >= 4 is 58.4 Å². The largest absolute Gasteiger partial charge is 0.444 e. The molecular formula is C25H26IN5O2S. The molecule has 0 aliphatic rings. The number of benzene rings is 2. The van der Waals surface area contributed by atoms with E-state index in [1.807, 2.05) is 46.9 Å². The zero-order valence-corrected chi connectivity index (χ0v) is 22.9. The number of amides is 1. The van der Waals surface area contributed by atoms with Crippen molar-refractivity contribution in [3.8, 4) is 6.07 Å². The van der Waals surface area contributed by atoms with Crippen LogP contribution in [-0.4, -0.2) is 25.6 Å². The Morgan fingerprint density at radius 3 is 2.59 bits per heavy atom. The Labute approximate surface area is 215 Å². The molecule has 0 radical (unpaired) electrons. The van der Waals surface area contributed by atoms with E-state index in [0.717, 1.165) is 33.1 Å². The lowest BCUT2D eigenvalue weighted by atomic mass is 9.84. The molecular weight excluding hydrogens is 561 g/mol. The van der Waals surface area contributed by atoms with Crippen LogP contribution in [-0.2, 0) is 10.3 Å². The highest BCUT2D eigenvalue weighted by atomic mass is 127. The van der Waals surface area contributed by atoms with E-state index in [9.17, 15) is 10.1 Å². The second-order valence-corrected chi connectivity index (χ2v) is 11.3. The zero-order chi connectivity index (χ0) is 24.8. The summed E-state index contributed by atoms with van der Waals surface area (Å²) in [6.45, 7) is 11.6. The Bertz CT molecular complexity index is 1460. The molecule has 0 aliphatic heterocycles. The van der Waals surface area contributed by atoms with Gasteiger partial charge in [0.15, 0.2) is 0 Å². The summed E-state index contributed by atoms with van der Waals surface area (Å²) in [4.78, 5) is 21.3. The van der Waals surface area contributed by atoms with E-state index >= 15 is 0 Å². The number of H-pyrrole nitrogens is 1. The van der Waals surface area contributed by atoms with Crippen LogP contribution >= 0.6 is 30.3 Å². The fourth-order valence-corrected chi connectivity index (χ4v) is 5.87. The third-order valence-electron chi connectivity index (χ3n) is 5.73. The third kappa shape index (κ3) is 4.36. The summed E-state index contributed by atoms with van der Waals surface area (Å²) in [6, 6.07) is 11.7. The van der Waals surface area contributed by atoms with E-state index in [4.69, 9.17) is 9.72 Å². The highest BCUT2D eigenvalue weighted by molar-refractivity contribution is 14.2. The summed E-state index contributed by atoms with van der Waals surface area (Å²) in [7, 11) is 1.59. The maximum absolute atomic E-state index is 13.1. The first-order valence-electron chi connectivity index (χ1n) is 10.8. The molecule has 0 spiro atoms. The first kappa shape index (κ1) is 24.4. The predicted octanol–water partition coefficient (Wildman–Crippen LogP) is 6.64. The molecule has 0 saturated heterocycles. The molecule has 4 rings (SSSR count). The van der Waals surface area contributed by atoms with Crippen LogP contribution in [0.4, 0.5) is 4.79 Å². The highest BCUT2D eigenvalue weighted by Gasteiger charge is 2.39. The summed E-state index contributed by atoms with van der Waals surface area (Å²) in [5.74, 6) is 0.562. The molecule has 1 atom stereocenters. The number of halogens is 1. The molecule has 176 valence electrons. The maximum Gasteiger partial charge on any atom is 0.408 e. The van der Waals surface area contributed by atoms with Gasteiger partial charge in [0.05, 0.1) is 28.2 Å². The highest BCUT2D eigenvalue weighted by Crippen LogP contribution is 2.40. The average molecular weight is 587 g/mol. The third-order valence-corrected chi connectivity index (χ3v) is 7.46. The quantitative estimate of drug-likeness (QED) is 0.261. The van der Waals surface area contributed by atoms with Crippen LogP contribution < -0.4 is 5.32 Å². The van der Waals surface area contributed by atoms with Gasteiger partial charge in [0.2, 0.25) is 0 Å². The van der Waals surface area contributed by atoms with Crippen molar-refractivity contribution in [3.05, 3.63) is 64.6 Å². The minimum Gasteiger partial charge on any atom is -0.444 e. The van der Waals surface area contributed by atoms with Crippen LogP contribution in [0.25, 0.3) is 21.9 Å². The van der Waals surface area contributed by atoms with E-state index in [2.05, 4.69) is 60.6 Å². The number of nitrogens with one attached hydrogen (secondary N) is 2. The monoisotopic (exact) mass is 587 g/mol. The van der Waals surface area contributed by atoms with Gasteiger partial charge in [-0.25, -0.2) is 9.78 Å². The number of ether oxygens (including phenoxy) is 1. The topological polar surface area (TPSA) is 95.7 Å². The van der Waals surface area contributed by atoms with Crippen molar-refractivity contribution in [1.82, 2.24) is 19.3 Å². The lowest BCUT2D eigenvalue weighted by molar-refractivity contribution is 0.0476. The number of hydrogen-bond donors (Lipinski definition) is 2. The molecule has 0 fully saturated rings. The van der Waals surface area contributed by atoms with Crippen LogP contribution in [0.3, 0.4) is 0 Å². The molecule has 1 amide bonds. The fraction of sp³-hybridized carbons (Fsp3) is 0.320. The average Bonchev–Trinajstić information content (AvgIpc) is 3.36. The van der Waals surface area contributed by atoms with Crippen molar-refractivity contribution in [2.45, 2.75) is 52.7 Å². The SMILES string of the molecule is Cc1cc(C)c2c(ccn2SI)c1C(C)(NC(=O)OC(C)(C)C)c1nc2ccc(C#N)cc2[nH]1. The number of hydrogen-bond acceptors (Lipinski definition) is 5. The lowest BCUT2D eigenvalue weighted by Gasteiger charge is -2.33. The Kier molecular flexibility index (Phi) is 6.33. The summed E-state index contributed by atoms with van der Waals surface area (Å²) >= 11 is 2.26. The number of carbonyl (C=O) groups excluding carboxylic acids is 1. The summed E-state index contributed by atoms with van der Waals surface area (Å²) in [6.07, 6.45) is 1.49. The fourth-order valence-electron chi connectivity index (χ4n) is 4.47. The molecule has 7 nitrogen and oxygen atoms in total. The second-order valence-electron chi connectivity index (χ2n) is 9.54. The molecule has 2 aromatic carbocycles. The number of alkyl carbamates (subject to hydrolysis) is 1. The van der Waals surface area contributed by atoms with E-state index < -0.39 is 17.2 Å². The minimum absolute atomic E-state index is 0.537. The number of imidazole rings is 1. The summed E-state index contributed by atoms with van der Waals surface area (Å²) in [5, 5.41) is 13.5. The van der Waals surface area contributed by atoms with Gasteiger partial charge in [0.25, 0.3) is 0 Å². The van der Waals surface area contributed by atoms with Crippen LogP contribution in [0, 0.1) is 25.2 Å². The van der Waals surface area contributed by atoms with Crippen LogP contribution in [0.2, 0.25) is 0 Å². The second kappa shape index (κ2) is 8.82. The van der Waals surface area contributed by atoms with Gasteiger partial charge in [-0.05, 0) is 82.5 Å². The van der Waals surface area contributed by atoms with Crippen molar-refractivity contribution < 1.29 is 9.53 Å². The number of nitriles is 1.